The van der Waals surface area contributed by atoms with Crippen molar-refractivity contribution in [3.63, 3.8) is 0 Å². The van der Waals surface area contributed by atoms with E-state index in [1.54, 1.807) is 0 Å². The number of aryl methyl sites for hydroxylation is 2. The summed E-state index contributed by atoms with van der Waals surface area (Å²) in [5.74, 6) is -0.674. The van der Waals surface area contributed by atoms with Crippen molar-refractivity contribution in [2.24, 2.45) is 0 Å². The SMILES string of the molecule is Cc1cc(C)cc(NC(=O)c2cc(O)cc(O)c2)c1. The van der Waals surface area contributed by atoms with Crippen LogP contribution in [0.4, 0.5) is 5.69 Å². The number of carbonyl (C=O) groups excluding carboxylic acids is 1. The molecule has 0 radical (unpaired) electrons. The van der Waals surface area contributed by atoms with Crippen LogP contribution in [0.3, 0.4) is 0 Å². The third-order valence-electron chi connectivity index (χ3n) is 2.64. The minimum Gasteiger partial charge on any atom is -0.508 e. The van der Waals surface area contributed by atoms with Gasteiger partial charge in [0.25, 0.3) is 5.91 Å². The lowest BCUT2D eigenvalue weighted by molar-refractivity contribution is 0.102. The van der Waals surface area contributed by atoms with E-state index in [1.165, 1.54) is 18.2 Å². The first-order chi connectivity index (χ1) is 8.94. The summed E-state index contributed by atoms with van der Waals surface area (Å²) in [6, 6.07) is 9.50. The summed E-state index contributed by atoms with van der Waals surface area (Å²) in [6.45, 7) is 3.89. The number of rotatable bonds is 2. The summed E-state index contributed by atoms with van der Waals surface area (Å²) in [7, 11) is 0. The van der Waals surface area contributed by atoms with E-state index in [1.807, 2.05) is 32.0 Å². The van der Waals surface area contributed by atoms with E-state index in [2.05, 4.69) is 5.32 Å². The van der Waals surface area contributed by atoms with Gasteiger partial charge >= 0.3 is 0 Å². The van der Waals surface area contributed by atoms with Crippen molar-refractivity contribution in [2.75, 3.05) is 5.32 Å². The number of hydrogen-bond donors (Lipinski definition) is 3. The topological polar surface area (TPSA) is 69.6 Å². The first kappa shape index (κ1) is 13.0. The minimum atomic E-state index is -0.379. The standard InChI is InChI=1S/C15H15NO3/c1-9-3-10(2)5-12(4-9)16-15(19)11-6-13(17)8-14(18)7-11/h3-8,17-18H,1-2H3,(H,16,19). The largest absolute Gasteiger partial charge is 0.508 e. The molecule has 2 aromatic rings. The van der Waals surface area contributed by atoms with Gasteiger partial charge < -0.3 is 15.5 Å². The second-order valence-corrected chi connectivity index (χ2v) is 4.57. The van der Waals surface area contributed by atoms with Crippen LogP contribution in [0.5, 0.6) is 11.5 Å². The lowest BCUT2D eigenvalue weighted by Gasteiger charge is -2.08. The molecule has 0 atom stereocenters. The summed E-state index contributed by atoms with van der Waals surface area (Å²) in [4.78, 5) is 12.0. The predicted molar refractivity (Wildman–Crippen MR) is 73.6 cm³/mol. The van der Waals surface area contributed by atoms with Crippen LogP contribution in [0.2, 0.25) is 0 Å². The van der Waals surface area contributed by atoms with Gasteiger partial charge in [-0.2, -0.15) is 0 Å². The molecule has 0 fully saturated rings. The average Bonchev–Trinajstić information content (AvgIpc) is 2.25. The smallest absolute Gasteiger partial charge is 0.255 e. The Morgan fingerprint density at radius 3 is 1.95 bits per heavy atom. The number of nitrogens with one attached hydrogen (secondary N) is 1. The van der Waals surface area contributed by atoms with Gasteiger partial charge in [0.05, 0.1) is 0 Å². The molecule has 1 amide bonds. The molecule has 4 heteroatoms. The van der Waals surface area contributed by atoms with Gasteiger partial charge in [0.1, 0.15) is 11.5 Å². The third kappa shape index (κ3) is 3.25. The van der Waals surface area contributed by atoms with Gasteiger partial charge in [-0.05, 0) is 49.2 Å². The summed E-state index contributed by atoms with van der Waals surface area (Å²) in [5, 5.41) is 21.4. The average molecular weight is 257 g/mol. The Balaban J connectivity index is 2.25. The summed E-state index contributed by atoms with van der Waals surface area (Å²) >= 11 is 0. The lowest BCUT2D eigenvalue weighted by Crippen LogP contribution is -2.12. The van der Waals surface area contributed by atoms with E-state index >= 15 is 0 Å². The molecule has 0 unspecified atom stereocenters. The normalized spacial score (nSPS) is 10.2. The molecule has 2 rings (SSSR count). The zero-order valence-corrected chi connectivity index (χ0v) is 10.8. The van der Waals surface area contributed by atoms with Crippen molar-refractivity contribution < 1.29 is 15.0 Å². The molecule has 98 valence electrons. The molecule has 0 spiro atoms. The van der Waals surface area contributed by atoms with Crippen molar-refractivity contribution in [2.45, 2.75) is 13.8 Å². The molecule has 19 heavy (non-hydrogen) atoms. The van der Waals surface area contributed by atoms with E-state index in [9.17, 15) is 15.0 Å². The Morgan fingerprint density at radius 1 is 0.895 bits per heavy atom. The van der Waals surface area contributed by atoms with Gasteiger partial charge in [0.15, 0.2) is 0 Å². The molecule has 0 aliphatic carbocycles. The Labute approximate surface area is 111 Å². The molecule has 0 aliphatic heterocycles. The monoisotopic (exact) mass is 257 g/mol. The molecule has 2 aromatic carbocycles. The Kier molecular flexibility index (Phi) is 3.42. The second-order valence-electron chi connectivity index (χ2n) is 4.57. The molecule has 0 saturated carbocycles. The quantitative estimate of drug-likeness (QED) is 0.774. The van der Waals surface area contributed by atoms with Gasteiger partial charge in [-0.25, -0.2) is 0 Å². The van der Waals surface area contributed by atoms with Gasteiger partial charge in [0, 0.05) is 17.3 Å². The predicted octanol–water partition coefficient (Wildman–Crippen LogP) is 2.97. The van der Waals surface area contributed by atoms with Crippen molar-refractivity contribution in [3.8, 4) is 11.5 Å². The van der Waals surface area contributed by atoms with Crippen LogP contribution >= 0.6 is 0 Å². The zero-order valence-electron chi connectivity index (χ0n) is 10.8. The van der Waals surface area contributed by atoms with Crippen LogP contribution in [0.1, 0.15) is 21.5 Å². The van der Waals surface area contributed by atoms with E-state index in [0.717, 1.165) is 11.1 Å². The number of amides is 1. The maximum atomic E-state index is 12.0. The van der Waals surface area contributed by atoms with Crippen LogP contribution in [-0.4, -0.2) is 16.1 Å². The molecule has 0 aromatic heterocycles. The number of benzene rings is 2. The molecule has 4 nitrogen and oxygen atoms in total. The number of anilines is 1. The molecule has 3 N–H and O–H groups in total. The highest BCUT2D eigenvalue weighted by molar-refractivity contribution is 6.04. The summed E-state index contributed by atoms with van der Waals surface area (Å²) < 4.78 is 0. The molecule has 0 saturated heterocycles. The van der Waals surface area contributed by atoms with Gasteiger partial charge in [-0.3, -0.25) is 4.79 Å². The fourth-order valence-electron chi connectivity index (χ4n) is 1.98. The summed E-state index contributed by atoms with van der Waals surface area (Å²) in [6.07, 6.45) is 0. The van der Waals surface area contributed by atoms with Crippen LogP contribution in [0, 0.1) is 13.8 Å². The fraction of sp³-hybridized carbons (Fsp3) is 0.133. The number of aromatic hydroxyl groups is 2. The van der Waals surface area contributed by atoms with Crippen LogP contribution in [0.15, 0.2) is 36.4 Å². The lowest BCUT2D eigenvalue weighted by atomic mass is 10.1. The maximum Gasteiger partial charge on any atom is 0.255 e. The first-order valence-corrected chi connectivity index (χ1v) is 5.87. The molecule has 0 heterocycles. The van der Waals surface area contributed by atoms with Crippen LogP contribution in [0.25, 0.3) is 0 Å². The minimum absolute atomic E-state index is 0.148. The summed E-state index contributed by atoms with van der Waals surface area (Å²) in [5.41, 5.74) is 2.99. The third-order valence-corrected chi connectivity index (χ3v) is 2.64. The second kappa shape index (κ2) is 5.02. The maximum absolute atomic E-state index is 12.0. The Morgan fingerprint density at radius 2 is 1.42 bits per heavy atom. The molecule has 0 aliphatic rings. The Hall–Kier alpha value is -2.49. The van der Waals surface area contributed by atoms with E-state index in [4.69, 9.17) is 0 Å². The van der Waals surface area contributed by atoms with Gasteiger partial charge in [0.2, 0.25) is 0 Å². The van der Waals surface area contributed by atoms with E-state index < -0.39 is 0 Å². The zero-order chi connectivity index (χ0) is 14.0. The molecule has 0 bridgehead atoms. The fourth-order valence-corrected chi connectivity index (χ4v) is 1.98. The Bertz CT molecular complexity index is 595. The van der Waals surface area contributed by atoms with Crippen molar-refractivity contribution in [1.29, 1.82) is 0 Å². The van der Waals surface area contributed by atoms with Crippen molar-refractivity contribution >= 4 is 11.6 Å². The number of phenols is 2. The molecular weight excluding hydrogens is 242 g/mol. The van der Waals surface area contributed by atoms with Crippen molar-refractivity contribution in [1.82, 2.24) is 0 Å². The highest BCUT2D eigenvalue weighted by atomic mass is 16.3. The van der Waals surface area contributed by atoms with E-state index in [-0.39, 0.29) is 23.0 Å². The van der Waals surface area contributed by atoms with Gasteiger partial charge in [-0.15, -0.1) is 0 Å². The van der Waals surface area contributed by atoms with Gasteiger partial charge in [-0.1, -0.05) is 6.07 Å². The van der Waals surface area contributed by atoms with Crippen LogP contribution in [-0.2, 0) is 0 Å². The molecular formula is C15H15NO3. The number of carbonyl (C=O) groups is 1. The number of phenolic OH excluding ortho intramolecular Hbond substituents is 2. The van der Waals surface area contributed by atoms with Crippen molar-refractivity contribution in [3.05, 3.63) is 53.1 Å². The number of hydrogen-bond acceptors (Lipinski definition) is 3. The van der Waals surface area contributed by atoms with Crippen LogP contribution < -0.4 is 5.32 Å². The highest BCUT2D eigenvalue weighted by Crippen LogP contribution is 2.21. The highest BCUT2D eigenvalue weighted by Gasteiger charge is 2.09. The van der Waals surface area contributed by atoms with E-state index in [0.29, 0.717) is 5.69 Å². The first-order valence-electron chi connectivity index (χ1n) is 5.87.